The third-order valence-corrected chi connectivity index (χ3v) is 8.41. The van der Waals surface area contributed by atoms with Crippen molar-refractivity contribution in [2.24, 2.45) is 0 Å². The summed E-state index contributed by atoms with van der Waals surface area (Å²) in [6.45, 7) is 3.99. The number of nitrogens with one attached hydrogen (secondary N) is 1. The Morgan fingerprint density at radius 2 is 1.83 bits per heavy atom. The van der Waals surface area contributed by atoms with Crippen LogP contribution in [0.1, 0.15) is 83.8 Å². The number of hydrogen-bond donors (Lipinski definition) is 1. The smallest absolute Gasteiger partial charge is 0.254 e. The number of carbonyl (C=O) groups excluding carboxylic acids is 2. The van der Waals surface area contributed by atoms with E-state index in [-0.39, 0.29) is 23.8 Å². The molecular formula is C24H29N3O2S. The highest BCUT2D eigenvalue weighted by Crippen LogP contribution is 2.52. The van der Waals surface area contributed by atoms with Crippen LogP contribution in [0.5, 0.6) is 0 Å². The van der Waals surface area contributed by atoms with E-state index in [9.17, 15) is 9.59 Å². The summed E-state index contributed by atoms with van der Waals surface area (Å²) in [4.78, 5) is 35.3. The maximum Gasteiger partial charge on any atom is 0.254 e. The average Bonchev–Trinajstić information content (AvgIpc) is 3.46. The molecule has 1 aromatic heterocycles. The molecular weight excluding hydrogens is 394 g/mol. The van der Waals surface area contributed by atoms with Crippen molar-refractivity contribution in [2.45, 2.75) is 82.7 Å². The van der Waals surface area contributed by atoms with Crippen LogP contribution in [0.25, 0.3) is 0 Å². The number of fused-ring (bicyclic) bond motifs is 1. The highest BCUT2D eigenvalue weighted by atomic mass is 32.1. The van der Waals surface area contributed by atoms with Gasteiger partial charge in [0.25, 0.3) is 5.91 Å². The first-order chi connectivity index (χ1) is 14.5. The summed E-state index contributed by atoms with van der Waals surface area (Å²) in [7, 11) is 0. The molecule has 1 unspecified atom stereocenters. The Balaban J connectivity index is 1.61. The zero-order valence-corrected chi connectivity index (χ0v) is 18.6. The number of hydrogen-bond acceptors (Lipinski definition) is 4. The first kappa shape index (κ1) is 19.7. The van der Waals surface area contributed by atoms with Crippen LogP contribution in [-0.2, 0) is 4.79 Å². The number of nitrogens with zero attached hydrogens (tertiary/aromatic N) is 2. The van der Waals surface area contributed by atoms with Crippen LogP contribution in [0, 0.1) is 13.8 Å². The molecule has 2 saturated carbocycles. The standard InChI is InChI=1S/C24H29N3O2S/c1-15-16(2)30-23(25-15)26-21(28)20-18-11-5-6-12-19(18)22(29)27(17-9-3-4-10-17)24(20)13-7-8-14-24/h5-6,11-12,17,20H,3-4,7-10,13-14H2,1-2H3,(H,25,26,28). The summed E-state index contributed by atoms with van der Waals surface area (Å²) in [5, 5.41) is 3.78. The Bertz CT molecular complexity index is 967. The summed E-state index contributed by atoms with van der Waals surface area (Å²) in [5.74, 6) is -0.239. The number of thiazole rings is 1. The van der Waals surface area contributed by atoms with E-state index in [0.29, 0.717) is 10.7 Å². The molecule has 158 valence electrons. The molecule has 1 aromatic carbocycles. The number of anilines is 1. The molecule has 0 saturated heterocycles. The lowest BCUT2D eigenvalue weighted by Gasteiger charge is -2.52. The van der Waals surface area contributed by atoms with Crippen LogP contribution in [0.4, 0.5) is 5.13 Å². The number of amides is 2. The zero-order chi connectivity index (χ0) is 20.9. The van der Waals surface area contributed by atoms with Gasteiger partial charge in [-0.05, 0) is 51.2 Å². The topological polar surface area (TPSA) is 62.3 Å². The van der Waals surface area contributed by atoms with E-state index in [1.54, 1.807) is 0 Å². The van der Waals surface area contributed by atoms with Gasteiger partial charge in [-0.2, -0.15) is 0 Å². The molecule has 2 aromatic rings. The SMILES string of the molecule is Cc1nc(NC(=O)C2c3ccccc3C(=O)N(C3CCCC3)C23CCCC3)sc1C. The van der Waals surface area contributed by atoms with Crippen LogP contribution < -0.4 is 5.32 Å². The molecule has 1 spiro atoms. The second-order valence-electron chi connectivity index (χ2n) is 9.09. The molecule has 3 aliphatic rings. The predicted octanol–water partition coefficient (Wildman–Crippen LogP) is 5.19. The van der Waals surface area contributed by atoms with E-state index in [1.165, 1.54) is 24.2 Å². The Kier molecular flexibility index (Phi) is 4.92. The fourth-order valence-corrected chi connectivity index (χ4v) is 6.82. The van der Waals surface area contributed by atoms with Crippen molar-refractivity contribution < 1.29 is 9.59 Å². The van der Waals surface area contributed by atoms with E-state index in [4.69, 9.17) is 0 Å². The Hall–Kier alpha value is -2.21. The van der Waals surface area contributed by atoms with Gasteiger partial charge in [-0.3, -0.25) is 9.59 Å². The number of rotatable bonds is 3. The van der Waals surface area contributed by atoms with Crippen molar-refractivity contribution in [2.75, 3.05) is 5.32 Å². The molecule has 1 atom stereocenters. The Morgan fingerprint density at radius 1 is 1.13 bits per heavy atom. The maximum atomic E-state index is 13.8. The first-order valence-corrected chi connectivity index (χ1v) is 12.0. The van der Waals surface area contributed by atoms with E-state index >= 15 is 0 Å². The third kappa shape index (κ3) is 2.99. The van der Waals surface area contributed by atoms with Crippen LogP contribution in [0.15, 0.2) is 24.3 Å². The zero-order valence-electron chi connectivity index (χ0n) is 17.7. The van der Waals surface area contributed by atoms with Crippen LogP contribution in [-0.4, -0.2) is 33.3 Å². The summed E-state index contributed by atoms with van der Waals surface area (Å²) in [6, 6.07) is 8.02. The molecule has 0 radical (unpaired) electrons. The Labute approximate surface area is 181 Å². The average molecular weight is 424 g/mol. The predicted molar refractivity (Wildman–Crippen MR) is 119 cm³/mol. The lowest BCUT2D eigenvalue weighted by Crippen LogP contribution is -2.62. The highest BCUT2D eigenvalue weighted by molar-refractivity contribution is 7.15. The minimum Gasteiger partial charge on any atom is -0.329 e. The second-order valence-corrected chi connectivity index (χ2v) is 10.3. The van der Waals surface area contributed by atoms with Crippen LogP contribution in [0.3, 0.4) is 0 Å². The normalized spacial score (nSPS) is 23.2. The van der Waals surface area contributed by atoms with Gasteiger partial charge in [0.05, 0.1) is 17.2 Å². The van der Waals surface area contributed by atoms with E-state index < -0.39 is 5.54 Å². The van der Waals surface area contributed by atoms with E-state index in [2.05, 4.69) is 15.2 Å². The first-order valence-electron chi connectivity index (χ1n) is 11.2. The van der Waals surface area contributed by atoms with Crippen molar-refractivity contribution in [3.05, 3.63) is 46.0 Å². The summed E-state index contributed by atoms with van der Waals surface area (Å²) in [5.41, 5.74) is 2.14. The van der Waals surface area contributed by atoms with Crippen molar-refractivity contribution in [1.29, 1.82) is 0 Å². The van der Waals surface area contributed by atoms with Crippen molar-refractivity contribution >= 4 is 28.3 Å². The molecule has 1 aliphatic heterocycles. The molecule has 30 heavy (non-hydrogen) atoms. The largest absolute Gasteiger partial charge is 0.329 e. The summed E-state index contributed by atoms with van der Waals surface area (Å²) < 4.78 is 0. The summed E-state index contributed by atoms with van der Waals surface area (Å²) in [6.07, 6.45) is 8.37. The number of aromatic nitrogens is 1. The third-order valence-electron chi connectivity index (χ3n) is 7.42. The van der Waals surface area contributed by atoms with Gasteiger partial charge in [-0.1, -0.05) is 43.9 Å². The molecule has 2 aliphatic carbocycles. The van der Waals surface area contributed by atoms with Gasteiger partial charge in [0.1, 0.15) is 0 Å². The maximum absolute atomic E-state index is 13.8. The van der Waals surface area contributed by atoms with Gasteiger partial charge >= 0.3 is 0 Å². The van der Waals surface area contributed by atoms with Crippen molar-refractivity contribution in [3.8, 4) is 0 Å². The fraction of sp³-hybridized carbons (Fsp3) is 0.542. The minimum absolute atomic E-state index is 0.0198. The molecule has 6 heteroatoms. The molecule has 5 rings (SSSR count). The molecule has 2 heterocycles. The molecule has 2 fully saturated rings. The lowest BCUT2D eigenvalue weighted by molar-refractivity contribution is -0.121. The summed E-state index contributed by atoms with van der Waals surface area (Å²) >= 11 is 1.52. The second kappa shape index (κ2) is 7.49. The monoisotopic (exact) mass is 423 g/mol. The fourth-order valence-electron chi connectivity index (χ4n) is 6.00. The number of carbonyl (C=O) groups is 2. The van der Waals surface area contributed by atoms with Gasteiger partial charge in [0.15, 0.2) is 5.13 Å². The van der Waals surface area contributed by atoms with Crippen molar-refractivity contribution in [3.63, 3.8) is 0 Å². The Morgan fingerprint density at radius 3 is 2.50 bits per heavy atom. The van der Waals surface area contributed by atoms with Crippen molar-refractivity contribution in [1.82, 2.24) is 9.88 Å². The van der Waals surface area contributed by atoms with E-state index in [0.717, 1.165) is 54.7 Å². The minimum atomic E-state index is -0.411. The number of benzene rings is 1. The van der Waals surface area contributed by atoms with Crippen LogP contribution in [0.2, 0.25) is 0 Å². The molecule has 1 N–H and O–H groups in total. The molecule has 5 nitrogen and oxygen atoms in total. The van der Waals surface area contributed by atoms with Gasteiger partial charge < -0.3 is 10.2 Å². The highest BCUT2D eigenvalue weighted by Gasteiger charge is 2.57. The van der Waals surface area contributed by atoms with Gasteiger partial charge in [0.2, 0.25) is 5.91 Å². The van der Waals surface area contributed by atoms with Crippen LogP contribution >= 0.6 is 11.3 Å². The van der Waals surface area contributed by atoms with Gasteiger partial charge in [-0.15, -0.1) is 11.3 Å². The number of aryl methyl sites for hydroxylation is 2. The molecule has 0 bridgehead atoms. The quantitative estimate of drug-likeness (QED) is 0.739. The lowest BCUT2D eigenvalue weighted by atomic mass is 9.70. The van der Waals surface area contributed by atoms with Gasteiger partial charge in [-0.25, -0.2) is 4.98 Å². The van der Waals surface area contributed by atoms with E-state index in [1.807, 2.05) is 38.1 Å². The van der Waals surface area contributed by atoms with Gasteiger partial charge in [0, 0.05) is 16.5 Å². The molecule has 2 amide bonds.